The summed E-state index contributed by atoms with van der Waals surface area (Å²) in [5.74, 6) is 1.80. The average molecular weight is 327 g/mol. The molecule has 2 aromatic carbocycles. The molecule has 24 heavy (non-hydrogen) atoms. The molecule has 0 spiro atoms. The second kappa shape index (κ2) is 7.81. The lowest BCUT2D eigenvalue weighted by Crippen LogP contribution is -2.39. The van der Waals surface area contributed by atoms with Crippen LogP contribution in [0.4, 0.5) is 4.39 Å². The topological polar surface area (TPSA) is 45.7 Å². The summed E-state index contributed by atoms with van der Waals surface area (Å²) in [4.78, 5) is 4.21. The van der Waals surface area contributed by atoms with E-state index in [2.05, 4.69) is 21.7 Å². The summed E-state index contributed by atoms with van der Waals surface area (Å²) in [5.41, 5.74) is 1.85. The van der Waals surface area contributed by atoms with Crippen molar-refractivity contribution in [3.8, 4) is 5.75 Å². The predicted octanol–water partition coefficient (Wildman–Crippen LogP) is 3.06. The van der Waals surface area contributed by atoms with E-state index >= 15 is 0 Å². The van der Waals surface area contributed by atoms with Crippen LogP contribution in [-0.2, 0) is 6.54 Å². The number of para-hydroxylation sites is 1. The molecule has 0 aliphatic carbocycles. The molecule has 5 heteroatoms. The van der Waals surface area contributed by atoms with E-state index < -0.39 is 0 Å². The first-order chi connectivity index (χ1) is 11.8. The predicted molar refractivity (Wildman–Crippen MR) is 93.9 cm³/mol. The van der Waals surface area contributed by atoms with E-state index in [0.717, 1.165) is 25.3 Å². The van der Waals surface area contributed by atoms with Gasteiger partial charge in [0, 0.05) is 31.6 Å². The number of hydrogen-bond donors (Lipinski definition) is 2. The minimum Gasteiger partial charge on any atom is -0.493 e. The molecule has 1 atom stereocenters. The summed E-state index contributed by atoms with van der Waals surface area (Å²) < 4.78 is 19.4. The van der Waals surface area contributed by atoms with Gasteiger partial charge in [0.05, 0.1) is 6.61 Å². The number of rotatable bonds is 4. The number of guanidine groups is 1. The van der Waals surface area contributed by atoms with E-state index in [9.17, 15) is 4.39 Å². The van der Waals surface area contributed by atoms with Crippen LogP contribution >= 0.6 is 0 Å². The molecule has 1 unspecified atom stereocenters. The Morgan fingerprint density at radius 2 is 1.96 bits per heavy atom. The fourth-order valence-corrected chi connectivity index (χ4v) is 2.89. The monoisotopic (exact) mass is 327 g/mol. The number of benzene rings is 2. The second-order valence-corrected chi connectivity index (χ2v) is 5.77. The maximum atomic E-state index is 13.7. The molecule has 0 saturated carbocycles. The second-order valence-electron chi connectivity index (χ2n) is 5.77. The molecular weight excluding hydrogens is 305 g/mol. The van der Waals surface area contributed by atoms with Gasteiger partial charge in [-0.1, -0.05) is 36.4 Å². The highest BCUT2D eigenvalue weighted by Crippen LogP contribution is 2.32. The molecule has 0 bridgehead atoms. The third-order valence-electron chi connectivity index (χ3n) is 4.23. The van der Waals surface area contributed by atoms with Crippen LogP contribution in [-0.4, -0.2) is 26.2 Å². The molecule has 3 rings (SSSR count). The molecule has 2 N–H and O–H groups in total. The zero-order valence-corrected chi connectivity index (χ0v) is 13.8. The van der Waals surface area contributed by atoms with Crippen LogP contribution in [0.2, 0.25) is 0 Å². The van der Waals surface area contributed by atoms with E-state index in [0.29, 0.717) is 24.0 Å². The molecule has 1 heterocycles. The van der Waals surface area contributed by atoms with Gasteiger partial charge in [0.2, 0.25) is 0 Å². The molecule has 0 radical (unpaired) electrons. The number of halogens is 1. The summed E-state index contributed by atoms with van der Waals surface area (Å²) in [5, 5.41) is 6.49. The summed E-state index contributed by atoms with van der Waals surface area (Å²) in [7, 11) is 1.72. The number of ether oxygens (including phenoxy) is 1. The molecule has 1 aliphatic rings. The lowest BCUT2D eigenvalue weighted by Gasteiger charge is -2.26. The molecule has 0 saturated heterocycles. The van der Waals surface area contributed by atoms with Gasteiger partial charge in [-0.05, 0) is 24.1 Å². The van der Waals surface area contributed by atoms with Crippen molar-refractivity contribution in [3.63, 3.8) is 0 Å². The number of hydrogen-bond acceptors (Lipinski definition) is 2. The van der Waals surface area contributed by atoms with Crippen LogP contribution in [0, 0.1) is 5.82 Å². The summed E-state index contributed by atoms with van der Waals surface area (Å²) in [6.45, 7) is 1.89. The van der Waals surface area contributed by atoms with Gasteiger partial charge in [0.25, 0.3) is 0 Å². The molecule has 1 aliphatic heterocycles. The van der Waals surface area contributed by atoms with Crippen LogP contribution in [0.15, 0.2) is 53.5 Å². The Kier molecular flexibility index (Phi) is 5.31. The molecule has 2 aromatic rings. The number of fused-ring (bicyclic) bond motifs is 1. The number of aliphatic imine (C=N–C) groups is 1. The Bertz CT molecular complexity index is 717. The zero-order valence-electron chi connectivity index (χ0n) is 13.8. The molecule has 4 nitrogen and oxygen atoms in total. The van der Waals surface area contributed by atoms with Gasteiger partial charge in [0.15, 0.2) is 5.96 Å². The Morgan fingerprint density at radius 1 is 1.17 bits per heavy atom. The lowest BCUT2D eigenvalue weighted by molar-refractivity contribution is 0.267. The van der Waals surface area contributed by atoms with Crippen LogP contribution < -0.4 is 15.4 Å². The minimum atomic E-state index is -0.209. The van der Waals surface area contributed by atoms with Crippen molar-refractivity contribution in [3.05, 3.63) is 65.5 Å². The first-order valence-electron chi connectivity index (χ1n) is 8.17. The van der Waals surface area contributed by atoms with Gasteiger partial charge < -0.3 is 15.4 Å². The highest BCUT2D eigenvalue weighted by atomic mass is 19.1. The Balaban J connectivity index is 1.56. The quantitative estimate of drug-likeness (QED) is 0.670. The summed E-state index contributed by atoms with van der Waals surface area (Å²) >= 11 is 0. The highest BCUT2D eigenvalue weighted by molar-refractivity contribution is 5.79. The summed E-state index contributed by atoms with van der Waals surface area (Å²) in [6, 6.07) is 14.9. The Labute approximate surface area is 141 Å². The molecule has 126 valence electrons. The third kappa shape index (κ3) is 3.85. The van der Waals surface area contributed by atoms with Gasteiger partial charge in [-0.25, -0.2) is 4.39 Å². The average Bonchev–Trinajstić information content (AvgIpc) is 2.63. The van der Waals surface area contributed by atoms with Crippen molar-refractivity contribution in [1.82, 2.24) is 10.6 Å². The molecule has 0 aromatic heterocycles. The van der Waals surface area contributed by atoms with E-state index in [4.69, 9.17) is 4.74 Å². The smallest absolute Gasteiger partial charge is 0.191 e. The van der Waals surface area contributed by atoms with Crippen molar-refractivity contribution in [1.29, 1.82) is 0 Å². The van der Waals surface area contributed by atoms with Crippen molar-refractivity contribution >= 4 is 5.96 Å². The molecule has 0 fully saturated rings. The highest BCUT2D eigenvalue weighted by Gasteiger charge is 2.21. The first kappa shape index (κ1) is 16.3. The van der Waals surface area contributed by atoms with Crippen LogP contribution in [0.25, 0.3) is 0 Å². The van der Waals surface area contributed by atoms with Crippen molar-refractivity contribution in [2.75, 3.05) is 20.2 Å². The first-order valence-corrected chi connectivity index (χ1v) is 8.17. The van der Waals surface area contributed by atoms with Crippen LogP contribution in [0.1, 0.15) is 23.5 Å². The van der Waals surface area contributed by atoms with Gasteiger partial charge >= 0.3 is 0 Å². The van der Waals surface area contributed by atoms with Crippen molar-refractivity contribution < 1.29 is 9.13 Å². The van der Waals surface area contributed by atoms with Gasteiger partial charge in [0.1, 0.15) is 11.6 Å². The summed E-state index contributed by atoms with van der Waals surface area (Å²) in [6.07, 6.45) is 0.967. The Hall–Kier alpha value is -2.56. The normalized spacial score (nSPS) is 16.9. The fourth-order valence-electron chi connectivity index (χ4n) is 2.89. The lowest BCUT2D eigenvalue weighted by atomic mass is 9.93. The largest absolute Gasteiger partial charge is 0.493 e. The van der Waals surface area contributed by atoms with Crippen LogP contribution in [0.5, 0.6) is 5.75 Å². The molecular formula is C19H22FN3O. The molecule has 0 amide bonds. The van der Waals surface area contributed by atoms with Crippen molar-refractivity contribution in [2.24, 2.45) is 4.99 Å². The third-order valence-corrected chi connectivity index (χ3v) is 4.23. The fraction of sp³-hybridized carbons (Fsp3) is 0.316. The number of nitrogens with zero attached hydrogens (tertiary/aromatic N) is 1. The van der Waals surface area contributed by atoms with E-state index in [1.807, 2.05) is 24.3 Å². The van der Waals surface area contributed by atoms with Crippen LogP contribution in [0.3, 0.4) is 0 Å². The SMILES string of the molecule is CN=C(NCc1ccccc1F)NCC1CCOc2ccccc21. The van der Waals surface area contributed by atoms with Gasteiger partial charge in [-0.15, -0.1) is 0 Å². The standard InChI is InChI=1S/C19H22FN3O/c1-21-19(23-13-15-6-2-4-8-17(15)20)22-12-14-10-11-24-18-9-5-3-7-16(14)18/h2-9,14H,10-13H2,1H3,(H2,21,22,23). The zero-order chi connectivity index (χ0) is 16.8. The van der Waals surface area contributed by atoms with E-state index in [-0.39, 0.29) is 5.82 Å². The van der Waals surface area contributed by atoms with Gasteiger partial charge in [-0.3, -0.25) is 4.99 Å². The number of nitrogens with one attached hydrogen (secondary N) is 2. The van der Waals surface area contributed by atoms with Crippen molar-refractivity contribution in [2.45, 2.75) is 18.9 Å². The minimum absolute atomic E-state index is 0.209. The van der Waals surface area contributed by atoms with Gasteiger partial charge in [-0.2, -0.15) is 0 Å². The Morgan fingerprint density at radius 3 is 2.79 bits per heavy atom. The maximum Gasteiger partial charge on any atom is 0.191 e. The maximum absolute atomic E-state index is 13.7. The van der Waals surface area contributed by atoms with E-state index in [1.54, 1.807) is 19.2 Å². The van der Waals surface area contributed by atoms with E-state index in [1.165, 1.54) is 11.6 Å².